The summed E-state index contributed by atoms with van der Waals surface area (Å²) >= 11 is 3.28. The molecule has 2 aliphatic carbocycles. The number of anilines is 2. The molecule has 15 heteroatoms. The molecular weight excluding hydrogens is 957 g/mol. The Labute approximate surface area is 433 Å². The van der Waals surface area contributed by atoms with Gasteiger partial charge in [-0.15, -0.1) is 0 Å². The van der Waals surface area contributed by atoms with Crippen LogP contribution in [0.25, 0.3) is 22.8 Å². The van der Waals surface area contributed by atoms with Crippen molar-refractivity contribution in [3.8, 4) is 22.8 Å². The Morgan fingerprint density at radius 1 is 0.606 bits per heavy atom. The van der Waals surface area contributed by atoms with Crippen LogP contribution in [0.5, 0.6) is 0 Å². The highest BCUT2D eigenvalue weighted by Crippen LogP contribution is 2.48. The van der Waals surface area contributed by atoms with Crippen molar-refractivity contribution in [2.45, 2.75) is 180 Å². The minimum Gasteiger partial charge on any atom is -0.466 e. The molecule has 0 spiro atoms. The summed E-state index contributed by atoms with van der Waals surface area (Å²) in [7, 11) is 0. The molecule has 14 nitrogen and oxygen atoms in total. The number of nitrogens with two attached hydrogens (primary N) is 1. The summed E-state index contributed by atoms with van der Waals surface area (Å²) < 4.78 is 9.68. The molecule has 2 aromatic carbocycles. The summed E-state index contributed by atoms with van der Waals surface area (Å²) in [6.07, 6.45) is 16.1. The zero-order valence-electron chi connectivity index (χ0n) is 44.6. The van der Waals surface area contributed by atoms with Crippen molar-refractivity contribution in [1.29, 1.82) is 0 Å². The topological polar surface area (TPSA) is 174 Å². The fourth-order valence-electron chi connectivity index (χ4n) is 10.2. The van der Waals surface area contributed by atoms with E-state index >= 15 is 0 Å². The molecule has 0 atom stereocenters. The predicted octanol–water partition coefficient (Wildman–Crippen LogP) is 10.3. The Morgan fingerprint density at radius 3 is 1.44 bits per heavy atom. The number of hydrogen-bond donors (Lipinski definition) is 2. The number of unbranched alkanes of at least 4 members (excludes halogenated alkanes) is 2. The zero-order chi connectivity index (χ0) is 51.4. The minimum absolute atomic E-state index is 0.159. The van der Waals surface area contributed by atoms with Crippen molar-refractivity contribution in [1.82, 2.24) is 35.2 Å². The van der Waals surface area contributed by atoms with Gasteiger partial charge in [0.2, 0.25) is 11.9 Å². The van der Waals surface area contributed by atoms with Crippen molar-refractivity contribution in [3.63, 3.8) is 0 Å². The SMILES string of the molecule is CC(=O)OCCCCBr.CC(=O)OCCCCNC1CCN(c2ncnc(-c3ccc4c(c3)C(C)(C)CCC4(C)C)n2)CC1.CC1(C)CCC(C)(C)c2cc(-c3ncnc(N4CCC(N)CC4)n3)ccc21. The number of rotatable bonds is 14. The first-order valence-corrected chi connectivity index (χ1v) is 27.3. The molecule has 2 fully saturated rings. The number of hydrogen-bond acceptors (Lipinski definition) is 14. The van der Waals surface area contributed by atoms with E-state index in [4.69, 9.17) is 20.4 Å². The summed E-state index contributed by atoms with van der Waals surface area (Å²) in [5, 5.41) is 4.62. The quantitative estimate of drug-likeness (QED) is 0.0693. The lowest BCUT2D eigenvalue weighted by Gasteiger charge is -2.42. The van der Waals surface area contributed by atoms with E-state index in [0.717, 1.165) is 124 Å². The Hall–Kier alpha value is -4.60. The maximum atomic E-state index is 10.8. The van der Waals surface area contributed by atoms with E-state index in [-0.39, 0.29) is 33.6 Å². The number of nitrogens with zero attached hydrogens (tertiary/aromatic N) is 8. The molecule has 8 rings (SSSR count). The van der Waals surface area contributed by atoms with Gasteiger partial charge in [-0.05, 0) is 140 Å². The van der Waals surface area contributed by atoms with Crippen LogP contribution in [0.4, 0.5) is 11.9 Å². The molecular formula is C56H83BrN10O4. The van der Waals surface area contributed by atoms with E-state index < -0.39 is 0 Å². The van der Waals surface area contributed by atoms with E-state index in [1.54, 1.807) is 12.7 Å². The summed E-state index contributed by atoms with van der Waals surface area (Å²) in [6.45, 7) is 27.4. The second-order valence-corrected chi connectivity index (χ2v) is 23.4. The fourth-order valence-corrected chi connectivity index (χ4v) is 10.6. The van der Waals surface area contributed by atoms with Gasteiger partial charge in [-0.1, -0.05) is 95.6 Å². The van der Waals surface area contributed by atoms with Crippen LogP contribution in [0, 0.1) is 0 Å². The third-order valence-electron chi connectivity index (χ3n) is 15.1. The Bertz CT molecular complexity index is 2380. The van der Waals surface area contributed by atoms with Gasteiger partial charge >= 0.3 is 11.9 Å². The molecule has 2 aliphatic heterocycles. The second kappa shape index (κ2) is 24.9. The number of nitrogens with one attached hydrogen (secondary N) is 1. The van der Waals surface area contributed by atoms with Crippen LogP contribution >= 0.6 is 15.9 Å². The van der Waals surface area contributed by atoms with Gasteiger partial charge in [0.1, 0.15) is 12.7 Å². The summed E-state index contributed by atoms with van der Waals surface area (Å²) in [5.74, 6) is 2.66. The third kappa shape index (κ3) is 15.5. The molecule has 0 saturated carbocycles. The lowest BCUT2D eigenvalue weighted by Crippen LogP contribution is -2.43. The van der Waals surface area contributed by atoms with Crippen LogP contribution in [0.15, 0.2) is 49.1 Å². The molecule has 388 valence electrons. The fraction of sp³-hybridized carbons (Fsp3) is 0.643. The number of carbonyl (C=O) groups is 2. The lowest BCUT2D eigenvalue weighted by molar-refractivity contribution is -0.142. The van der Waals surface area contributed by atoms with E-state index in [2.05, 4.69) is 148 Å². The minimum atomic E-state index is -0.203. The first kappa shape index (κ1) is 55.7. The average Bonchev–Trinajstić information content (AvgIpc) is 3.35. The summed E-state index contributed by atoms with van der Waals surface area (Å²) in [6, 6.07) is 14.4. The Kier molecular flexibility index (Phi) is 19.5. The van der Waals surface area contributed by atoms with Gasteiger partial charge in [0.15, 0.2) is 11.6 Å². The van der Waals surface area contributed by atoms with Gasteiger partial charge in [-0.3, -0.25) is 9.59 Å². The number of benzene rings is 2. The molecule has 2 aromatic heterocycles. The van der Waals surface area contributed by atoms with Gasteiger partial charge in [-0.25, -0.2) is 19.9 Å². The Balaban J connectivity index is 0.000000203. The molecule has 4 aliphatic rings. The molecule has 0 radical (unpaired) electrons. The van der Waals surface area contributed by atoms with Crippen LogP contribution in [0.2, 0.25) is 0 Å². The maximum Gasteiger partial charge on any atom is 0.302 e. The van der Waals surface area contributed by atoms with Gasteiger partial charge in [-0.2, -0.15) is 9.97 Å². The van der Waals surface area contributed by atoms with Crippen molar-refractivity contribution in [2.24, 2.45) is 5.73 Å². The zero-order valence-corrected chi connectivity index (χ0v) is 46.2. The highest BCUT2D eigenvalue weighted by molar-refractivity contribution is 9.09. The van der Waals surface area contributed by atoms with E-state index in [0.29, 0.717) is 25.3 Å². The summed E-state index contributed by atoms with van der Waals surface area (Å²) in [5.41, 5.74) is 14.7. The first-order chi connectivity index (χ1) is 33.7. The molecule has 3 N–H and O–H groups in total. The molecule has 71 heavy (non-hydrogen) atoms. The Morgan fingerprint density at radius 2 is 1.01 bits per heavy atom. The standard InChI is InChI=1S/C28H41N5O2.C22H31N5.C6H11BrO2/c1-20(34)35-17-7-6-14-29-22-10-15-33(16-11-22)26-31-19-30-25(32-26)21-8-9-23-24(18-21)28(4,5)13-12-27(23,2)3;1-21(2)9-10-22(3,4)18-13-15(5-6-17(18)21)19-24-14-25-20(26-19)27-11-7-16(23)8-12-27;1-6(8)9-5-3-2-4-7/h8-9,18-19,22,29H,6-7,10-17H2,1-5H3;5-6,13-14,16H,7-12,23H2,1-4H3;2-5H2,1H3. The van der Waals surface area contributed by atoms with Crippen LogP contribution in [-0.4, -0.2) is 105 Å². The van der Waals surface area contributed by atoms with Gasteiger partial charge < -0.3 is 30.3 Å². The number of fused-ring (bicyclic) bond motifs is 2. The largest absolute Gasteiger partial charge is 0.466 e. The van der Waals surface area contributed by atoms with Gasteiger partial charge in [0.05, 0.1) is 13.2 Å². The van der Waals surface area contributed by atoms with Crippen LogP contribution in [0.3, 0.4) is 0 Å². The van der Waals surface area contributed by atoms with Crippen molar-refractivity contribution in [3.05, 3.63) is 71.3 Å². The smallest absolute Gasteiger partial charge is 0.302 e. The molecule has 0 amide bonds. The van der Waals surface area contributed by atoms with Gasteiger partial charge in [0.25, 0.3) is 0 Å². The van der Waals surface area contributed by atoms with E-state index in [1.165, 1.54) is 61.8 Å². The number of esters is 2. The highest BCUT2D eigenvalue weighted by atomic mass is 79.9. The number of carbonyl (C=O) groups excluding carboxylic acids is 2. The van der Waals surface area contributed by atoms with E-state index in [9.17, 15) is 9.59 Å². The highest BCUT2D eigenvalue weighted by Gasteiger charge is 2.38. The first-order valence-electron chi connectivity index (χ1n) is 26.2. The number of ether oxygens (including phenoxy) is 2. The predicted molar refractivity (Wildman–Crippen MR) is 289 cm³/mol. The molecule has 0 bridgehead atoms. The number of halogens is 1. The molecule has 4 heterocycles. The third-order valence-corrected chi connectivity index (χ3v) is 15.6. The van der Waals surface area contributed by atoms with Crippen molar-refractivity contribution < 1.29 is 19.1 Å². The molecule has 0 unspecified atom stereocenters. The molecule has 4 aromatic rings. The average molecular weight is 1040 g/mol. The lowest BCUT2D eigenvalue weighted by atomic mass is 9.63. The van der Waals surface area contributed by atoms with Gasteiger partial charge in [0, 0.05) is 68.6 Å². The van der Waals surface area contributed by atoms with Crippen molar-refractivity contribution in [2.75, 3.05) is 61.1 Å². The number of aromatic nitrogens is 6. The monoisotopic (exact) mass is 1040 g/mol. The normalized spacial score (nSPS) is 18.9. The van der Waals surface area contributed by atoms with E-state index in [1.807, 2.05) is 0 Å². The second-order valence-electron chi connectivity index (χ2n) is 22.6. The number of alkyl halides is 1. The summed E-state index contributed by atoms with van der Waals surface area (Å²) in [4.78, 5) is 53.1. The van der Waals surface area contributed by atoms with Crippen LogP contribution in [0.1, 0.15) is 169 Å². The van der Waals surface area contributed by atoms with Crippen molar-refractivity contribution >= 4 is 39.8 Å². The van der Waals surface area contributed by atoms with Crippen LogP contribution < -0.4 is 20.9 Å². The van der Waals surface area contributed by atoms with Crippen LogP contribution in [-0.2, 0) is 40.7 Å². The maximum absolute atomic E-state index is 10.8. The molecule has 2 saturated heterocycles. The number of piperidine rings is 2.